The standard InChI is InChI=1S/C12H12N2O2/c1-16-11-5-3-10(4-6-11)12(15)9-14-8-2-7-13-14/h2-8H,9H2,1H3. The first-order chi connectivity index (χ1) is 7.79. The van der Waals surface area contributed by atoms with E-state index in [1.165, 1.54) is 0 Å². The molecular formula is C12H12N2O2. The summed E-state index contributed by atoms with van der Waals surface area (Å²) in [6, 6.07) is 8.85. The second-order valence-electron chi connectivity index (χ2n) is 3.36. The molecule has 2 rings (SSSR count). The van der Waals surface area contributed by atoms with E-state index in [9.17, 15) is 4.79 Å². The van der Waals surface area contributed by atoms with Crippen molar-refractivity contribution < 1.29 is 9.53 Å². The molecule has 16 heavy (non-hydrogen) atoms. The minimum absolute atomic E-state index is 0.0337. The van der Waals surface area contributed by atoms with Crippen LogP contribution < -0.4 is 4.74 Å². The summed E-state index contributed by atoms with van der Waals surface area (Å²) in [5.74, 6) is 0.780. The van der Waals surface area contributed by atoms with E-state index in [1.54, 1.807) is 54.5 Å². The van der Waals surface area contributed by atoms with Crippen molar-refractivity contribution in [3.8, 4) is 5.75 Å². The van der Waals surface area contributed by atoms with Crippen LogP contribution in [-0.4, -0.2) is 22.7 Å². The Hall–Kier alpha value is -2.10. The number of Topliss-reactive ketones (excluding diaryl/α,β-unsaturated/α-hetero) is 1. The number of carbonyl (C=O) groups excluding carboxylic acids is 1. The first-order valence-corrected chi connectivity index (χ1v) is 4.94. The molecule has 2 aromatic rings. The zero-order valence-corrected chi connectivity index (χ0v) is 8.96. The lowest BCUT2D eigenvalue weighted by Crippen LogP contribution is -2.10. The highest BCUT2D eigenvalue weighted by atomic mass is 16.5. The molecule has 0 amide bonds. The fraction of sp³-hybridized carbons (Fsp3) is 0.167. The highest BCUT2D eigenvalue weighted by Crippen LogP contribution is 2.12. The number of aromatic nitrogens is 2. The number of carbonyl (C=O) groups is 1. The summed E-state index contributed by atoms with van der Waals surface area (Å²) in [5, 5.41) is 3.99. The number of ketones is 1. The van der Waals surface area contributed by atoms with Gasteiger partial charge in [0.25, 0.3) is 0 Å². The highest BCUT2D eigenvalue weighted by molar-refractivity contribution is 5.95. The van der Waals surface area contributed by atoms with Crippen LogP contribution in [0, 0.1) is 0 Å². The molecule has 1 heterocycles. The van der Waals surface area contributed by atoms with E-state index >= 15 is 0 Å². The summed E-state index contributed by atoms with van der Waals surface area (Å²) >= 11 is 0. The summed E-state index contributed by atoms with van der Waals surface area (Å²) in [4.78, 5) is 11.8. The fourth-order valence-corrected chi connectivity index (χ4v) is 1.41. The molecule has 0 aliphatic carbocycles. The second-order valence-corrected chi connectivity index (χ2v) is 3.36. The summed E-state index contributed by atoms with van der Waals surface area (Å²) in [5.41, 5.74) is 0.663. The quantitative estimate of drug-likeness (QED) is 0.732. The largest absolute Gasteiger partial charge is 0.497 e. The van der Waals surface area contributed by atoms with E-state index in [4.69, 9.17) is 4.74 Å². The topological polar surface area (TPSA) is 44.1 Å². The molecule has 4 nitrogen and oxygen atoms in total. The van der Waals surface area contributed by atoms with Crippen LogP contribution in [0.1, 0.15) is 10.4 Å². The van der Waals surface area contributed by atoms with E-state index in [0.717, 1.165) is 5.75 Å². The van der Waals surface area contributed by atoms with Gasteiger partial charge in [0.2, 0.25) is 0 Å². The lowest BCUT2D eigenvalue weighted by molar-refractivity contribution is 0.0967. The van der Waals surface area contributed by atoms with Crippen LogP contribution in [0.4, 0.5) is 0 Å². The molecular weight excluding hydrogens is 204 g/mol. The minimum Gasteiger partial charge on any atom is -0.497 e. The van der Waals surface area contributed by atoms with Gasteiger partial charge in [-0.3, -0.25) is 9.48 Å². The Bertz CT molecular complexity index is 460. The van der Waals surface area contributed by atoms with Crippen molar-refractivity contribution in [3.63, 3.8) is 0 Å². The van der Waals surface area contributed by atoms with Crippen molar-refractivity contribution in [1.29, 1.82) is 0 Å². The Morgan fingerprint density at radius 3 is 2.69 bits per heavy atom. The molecule has 0 atom stereocenters. The maximum Gasteiger partial charge on any atom is 0.184 e. The van der Waals surface area contributed by atoms with Crippen molar-refractivity contribution >= 4 is 5.78 Å². The number of hydrogen-bond acceptors (Lipinski definition) is 3. The van der Waals surface area contributed by atoms with E-state index in [-0.39, 0.29) is 12.3 Å². The number of ether oxygens (including phenoxy) is 1. The van der Waals surface area contributed by atoms with Crippen LogP contribution in [0.25, 0.3) is 0 Å². The van der Waals surface area contributed by atoms with Gasteiger partial charge in [-0.25, -0.2) is 0 Å². The van der Waals surface area contributed by atoms with Crippen LogP contribution in [0.5, 0.6) is 5.75 Å². The summed E-state index contributed by atoms with van der Waals surface area (Å²) in [6.07, 6.45) is 3.42. The molecule has 1 aromatic carbocycles. The molecule has 0 radical (unpaired) electrons. The van der Waals surface area contributed by atoms with Gasteiger partial charge < -0.3 is 4.74 Å². The van der Waals surface area contributed by atoms with E-state index in [2.05, 4.69) is 5.10 Å². The second kappa shape index (κ2) is 4.61. The van der Waals surface area contributed by atoms with E-state index < -0.39 is 0 Å². The van der Waals surface area contributed by atoms with Gasteiger partial charge in [0.05, 0.1) is 7.11 Å². The van der Waals surface area contributed by atoms with Gasteiger partial charge in [0, 0.05) is 18.0 Å². The van der Waals surface area contributed by atoms with Crippen molar-refractivity contribution in [2.45, 2.75) is 6.54 Å². The average Bonchev–Trinajstić information content (AvgIpc) is 2.82. The van der Waals surface area contributed by atoms with Crippen LogP contribution in [0.3, 0.4) is 0 Å². The van der Waals surface area contributed by atoms with Crippen molar-refractivity contribution in [3.05, 3.63) is 48.3 Å². The molecule has 0 fully saturated rings. The third-order valence-electron chi connectivity index (χ3n) is 2.28. The lowest BCUT2D eigenvalue weighted by atomic mass is 10.1. The Kier molecular flexibility index (Phi) is 3.00. The molecule has 4 heteroatoms. The normalized spacial score (nSPS) is 10.1. The zero-order valence-electron chi connectivity index (χ0n) is 8.96. The Labute approximate surface area is 93.5 Å². The molecule has 0 N–H and O–H groups in total. The lowest BCUT2D eigenvalue weighted by Gasteiger charge is -2.03. The van der Waals surface area contributed by atoms with Gasteiger partial charge in [-0.1, -0.05) is 0 Å². The number of rotatable bonds is 4. The van der Waals surface area contributed by atoms with Crippen molar-refractivity contribution in [2.75, 3.05) is 7.11 Å². The van der Waals surface area contributed by atoms with Gasteiger partial charge in [0.1, 0.15) is 12.3 Å². The van der Waals surface area contributed by atoms with Gasteiger partial charge in [-0.15, -0.1) is 0 Å². The Morgan fingerprint density at radius 1 is 1.38 bits per heavy atom. The molecule has 0 aliphatic rings. The molecule has 0 aliphatic heterocycles. The third kappa shape index (κ3) is 2.28. The SMILES string of the molecule is COc1ccc(C(=O)Cn2cccn2)cc1. The number of hydrogen-bond donors (Lipinski definition) is 0. The van der Waals surface area contributed by atoms with E-state index in [1.807, 2.05) is 0 Å². The number of methoxy groups -OCH3 is 1. The first-order valence-electron chi connectivity index (χ1n) is 4.94. The first kappa shape index (κ1) is 10.4. The zero-order chi connectivity index (χ0) is 11.4. The molecule has 1 aromatic heterocycles. The number of benzene rings is 1. The molecule has 82 valence electrons. The predicted octanol–water partition coefficient (Wildman–Crippen LogP) is 1.77. The summed E-state index contributed by atoms with van der Waals surface area (Å²) in [7, 11) is 1.60. The smallest absolute Gasteiger partial charge is 0.184 e. The summed E-state index contributed by atoms with van der Waals surface area (Å²) < 4.78 is 6.63. The van der Waals surface area contributed by atoms with Crippen LogP contribution in [0.2, 0.25) is 0 Å². The van der Waals surface area contributed by atoms with Gasteiger partial charge in [0.15, 0.2) is 5.78 Å². The van der Waals surface area contributed by atoms with Crippen LogP contribution >= 0.6 is 0 Å². The Balaban J connectivity index is 2.09. The maximum absolute atomic E-state index is 11.8. The van der Waals surface area contributed by atoms with Gasteiger partial charge in [-0.2, -0.15) is 5.10 Å². The molecule has 0 saturated heterocycles. The Morgan fingerprint density at radius 2 is 2.12 bits per heavy atom. The van der Waals surface area contributed by atoms with Crippen molar-refractivity contribution in [1.82, 2.24) is 9.78 Å². The van der Waals surface area contributed by atoms with Gasteiger partial charge in [-0.05, 0) is 30.3 Å². The third-order valence-corrected chi connectivity index (χ3v) is 2.28. The van der Waals surface area contributed by atoms with Crippen LogP contribution in [0.15, 0.2) is 42.7 Å². The minimum atomic E-state index is 0.0337. The average molecular weight is 216 g/mol. The van der Waals surface area contributed by atoms with E-state index in [0.29, 0.717) is 5.56 Å². The molecule has 0 unspecified atom stereocenters. The highest BCUT2D eigenvalue weighted by Gasteiger charge is 2.06. The van der Waals surface area contributed by atoms with Crippen molar-refractivity contribution in [2.24, 2.45) is 0 Å². The summed E-state index contributed by atoms with van der Waals surface area (Å²) in [6.45, 7) is 0.263. The maximum atomic E-state index is 11.8. The van der Waals surface area contributed by atoms with Crippen LogP contribution in [-0.2, 0) is 6.54 Å². The number of nitrogens with zero attached hydrogens (tertiary/aromatic N) is 2. The fourth-order valence-electron chi connectivity index (χ4n) is 1.41. The monoisotopic (exact) mass is 216 g/mol. The predicted molar refractivity (Wildman–Crippen MR) is 59.6 cm³/mol. The molecule has 0 saturated carbocycles. The molecule has 0 spiro atoms. The molecule has 0 bridgehead atoms. The van der Waals surface area contributed by atoms with Gasteiger partial charge >= 0.3 is 0 Å².